The Morgan fingerprint density at radius 2 is 1.93 bits per heavy atom. The molecular weight excluding hydrogens is 434 g/mol. The summed E-state index contributed by atoms with van der Waals surface area (Å²) in [5.41, 5.74) is 2.18. The van der Waals surface area contributed by atoms with E-state index in [1.165, 1.54) is 23.9 Å². The third-order valence-corrected chi connectivity index (χ3v) is 6.34. The molecule has 0 amide bonds. The first-order chi connectivity index (χ1) is 13.8. The van der Waals surface area contributed by atoms with E-state index >= 15 is 0 Å². The molecule has 0 spiro atoms. The Labute approximate surface area is 176 Å². The molecular formula is C18H16ClN5O3S2. The molecule has 11 heteroatoms. The molecule has 150 valence electrons. The lowest BCUT2D eigenvalue weighted by Crippen LogP contribution is -2.11. The van der Waals surface area contributed by atoms with Crippen LogP contribution in [0.1, 0.15) is 12.8 Å². The lowest BCUT2D eigenvalue weighted by atomic mass is 10.2. The summed E-state index contributed by atoms with van der Waals surface area (Å²) < 4.78 is 30.9. The number of hydrogen-bond donors (Lipinski definition) is 1. The van der Waals surface area contributed by atoms with Gasteiger partial charge in [-0.25, -0.2) is 18.5 Å². The Bertz CT molecular complexity index is 1280. The summed E-state index contributed by atoms with van der Waals surface area (Å²) in [5.74, 6) is 1.30. The van der Waals surface area contributed by atoms with Gasteiger partial charge in [-0.15, -0.1) is 10.2 Å². The minimum absolute atomic E-state index is 0.0341. The highest BCUT2D eigenvalue weighted by Gasteiger charge is 2.16. The predicted octanol–water partition coefficient (Wildman–Crippen LogP) is 3.70. The van der Waals surface area contributed by atoms with Gasteiger partial charge in [0.2, 0.25) is 21.8 Å². The topological polar surface area (TPSA) is 117 Å². The van der Waals surface area contributed by atoms with Crippen molar-refractivity contribution in [2.24, 2.45) is 5.14 Å². The van der Waals surface area contributed by atoms with Crippen LogP contribution in [0.25, 0.3) is 22.5 Å². The predicted molar refractivity (Wildman–Crippen MR) is 111 cm³/mol. The van der Waals surface area contributed by atoms with Crippen LogP contribution >= 0.6 is 23.4 Å². The van der Waals surface area contributed by atoms with Crippen molar-refractivity contribution in [3.8, 4) is 11.5 Å². The van der Waals surface area contributed by atoms with Gasteiger partial charge in [-0.3, -0.25) is 0 Å². The minimum Gasteiger partial charge on any atom is -0.420 e. The molecule has 0 aliphatic rings. The Balaban J connectivity index is 1.57. The summed E-state index contributed by atoms with van der Waals surface area (Å²) in [7, 11) is -3.78. The number of imidazole rings is 1. The van der Waals surface area contributed by atoms with Crippen molar-refractivity contribution in [1.82, 2.24) is 19.7 Å². The van der Waals surface area contributed by atoms with Crippen molar-refractivity contribution in [3.63, 3.8) is 0 Å². The van der Waals surface area contributed by atoms with Gasteiger partial charge in [-0.05, 0) is 49.4 Å². The van der Waals surface area contributed by atoms with Gasteiger partial charge in [-0.2, -0.15) is 0 Å². The quantitative estimate of drug-likeness (QED) is 0.446. The summed E-state index contributed by atoms with van der Waals surface area (Å²) in [6, 6.07) is 11.8. The first kappa shape index (κ1) is 19.9. The molecule has 0 aliphatic heterocycles. The fourth-order valence-electron chi connectivity index (χ4n) is 2.83. The number of hydrogen-bond acceptors (Lipinski definition) is 7. The smallest absolute Gasteiger partial charge is 0.247 e. The molecule has 4 aromatic rings. The molecule has 0 fully saturated rings. The van der Waals surface area contributed by atoms with Gasteiger partial charge in [0.25, 0.3) is 0 Å². The average molecular weight is 450 g/mol. The van der Waals surface area contributed by atoms with Gasteiger partial charge < -0.3 is 8.98 Å². The first-order valence-corrected chi connectivity index (χ1v) is 11.5. The van der Waals surface area contributed by atoms with Crippen molar-refractivity contribution in [2.75, 3.05) is 0 Å². The van der Waals surface area contributed by atoms with Crippen molar-refractivity contribution in [3.05, 3.63) is 53.4 Å². The lowest BCUT2D eigenvalue weighted by Gasteiger charge is -2.04. The number of halogens is 1. The highest BCUT2D eigenvalue weighted by atomic mass is 35.5. The van der Waals surface area contributed by atoms with Crippen LogP contribution in [-0.4, -0.2) is 28.2 Å². The van der Waals surface area contributed by atoms with E-state index in [9.17, 15) is 8.42 Å². The van der Waals surface area contributed by atoms with Crippen LogP contribution in [0.5, 0.6) is 0 Å². The van der Waals surface area contributed by atoms with Gasteiger partial charge in [0, 0.05) is 17.1 Å². The van der Waals surface area contributed by atoms with E-state index in [1.54, 1.807) is 18.2 Å². The second kappa shape index (κ2) is 7.79. The van der Waals surface area contributed by atoms with E-state index in [2.05, 4.69) is 15.2 Å². The summed E-state index contributed by atoms with van der Waals surface area (Å²) in [4.78, 5) is 4.58. The van der Waals surface area contributed by atoms with E-state index in [-0.39, 0.29) is 4.90 Å². The number of primary sulfonamides is 1. The minimum atomic E-state index is -3.78. The number of sulfonamides is 1. The second-order valence-electron chi connectivity index (χ2n) is 6.13. The maximum Gasteiger partial charge on any atom is 0.247 e. The average Bonchev–Trinajstić information content (AvgIpc) is 3.29. The highest BCUT2D eigenvalue weighted by molar-refractivity contribution is 7.98. The fourth-order valence-corrected chi connectivity index (χ4v) is 4.40. The molecule has 0 unspecified atom stereocenters. The number of benzene rings is 2. The van der Waals surface area contributed by atoms with Crippen LogP contribution in [0.15, 0.2) is 56.9 Å². The lowest BCUT2D eigenvalue weighted by molar-refractivity contribution is 0.528. The largest absolute Gasteiger partial charge is 0.420 e. The molecule has 0 radical (unpaired) electrons. The molecule has 0 aliphatic carbocycles. The number of nitrogens with zero attached hydrogens (tertiary/aromatic N) is 4. The zero-order valence-corrected chi connectivity index (χ0v) is 17.6. The van der Waals surface area contributed by atoms with Crippen molar-refractivity contribution < 1.29 is 12.8 Å². The first-order valence-electron chi connectivity index (χ1n) is 8.59. The van der Waals surface area contributed by atoms with Crippen LogP contribution in [0.4, 0.5) is 0 Å². The Morgan fingerprint density at radius 1 is 1.17 bits per heavy atom. The number of aryl methyl sites for hydroxylation is 1. The molecule has 4 rings (SSSR count). The Morgan fingerprint density at radius 3 is 2.62 bits per heavy atom. The molecule has 2 heterocycles. The van der Waals surface area contributed by atoms with Crippen molar-refractivity contribution in [1.29, 1.82) is 0 Å². The molecule has 0 atom stereocenters. The van der Waals surface area contributed by atoms with Gasteiger partial charge in [0.05, 0.1) is 21.7 Å². The van der Waals surface area contributed by atoms with Gasteiger partial charge in [0.15, 0.2) is 5.16 Å². The van der Waals surface area contributed by atoms with E-state index in [0.29, 0.717) is 34.6 Å². The number of rotatable bonds is 6. The third-order valence-electron chi connectivity index (χ3n) is 4.21. The molecule has 2 aromatic carbocycles. The molecule has 0 saturated carbocycles. The monoisotopic (exact) mass is 449 g/mol. The van der Waals surface area contributed by atoms with Gasteiger partial charge in [-0.1, -0.05) is 23.4 Å². The van der Waals surface area contributed by atoms with E-state index in [1.807, 2.05) is 23.6 Å². The molecule has 2 aromatic heterocycles. The van der Waals surface area contributed by atoms with Gasteiger partial charge in [0.1, 0.15) is 0 Å². The van der Waals surface area contributed by atoms with E-state index in [4.69, 9.17) is 21.2 Å². The second-order valence-corrected chi connectivity index (χ2v) is 9.07. The summed E-state index contributed by atoms with van der Waals surface area (Å²) in [5, 5.41) is 14.7. The SMILES string of the molecule is CCn1c(SCc2nnc(-c3ccc(Cl)cc3)o2)nc2cc(S(N)(=O)=O)ccc21. The van der Waals surface area contributed by atoms with Crippen LogP contribution in [0.3, 0.4) is 0 Å². The zero-order valence-electron chi connectivity index (χ0n) is 15.2. The highest BCUT2D eigenvalue weighted by Crippen LogP contribution is 2.29. The summed E-state index contributed by atoms with van der Waals surface area (Å²) in [6.07, 6.45) is 0. The molecule has 29 heavy (non-hydrogen) atoms. The number of nitrogens with two attached hydrogens (primary N) is 1. The van der Waals surface area contributed by atoms with Crippen molar-refractivity contribution in [2.45, 2.75) is 29.3 Å². The maximum atomic E-state index is 11.6. The van der Waals surface area contributed by atoms with Crippen LogP contribution in [-0.2, 0) is 22.3 Å². The maximum absolute atomic E-state index is 11.6. The van der Waals surface area contributed by atoms with Crippen LogP contribution < -0.4 is 5.14 Å². The zero-order chi connectivity index (χ0) is 20.6. The summed E-state index contributed by atoms with van der Waals surface area (Å²) >= 11 is 7.33. The molecule has 0 bridgehead atoms. The van der Waals surface area contributed by atoms with Gasteiger partial charge >= 0.3 is 0 Å². The van der Waals surface area contributed by atoms with E-state index < -0.39 is 10.0 Å². The number of aromatic nitrogens is 4. The standard InChI is InChI=1S/C18H16ClN5O3S2/c1-2-24-15-8-7-13(29(20,25)26)9-14(15)21-18(24)28-10-16-22-23-17(27-16)11-3-5-12(19)6-4-11/h3-9H,2,10H2,1H3,(H2,20,25,26). The molecule has 0 saturated heterocycles. The van der Waals surface area contributed by atoms with Crippen LogP contribution in [0.2, 0.25) is 5.02 Å². The summed E-state index contributed by atoms with van der Waals surface area (Å²) in [6.45, 7) is 2.66. The normalized spacial score (nSPS) is 12.0. The third kappa shape index (κ3) is 4.15. The molecule has 2 N–H and O–H groups in total. The fraction of sp³-hybridized carbons (Fsp3) is 0.167. The number of fused-ring (bicyclic) bond motifs is 1. The van der Waals surface area contributed by atoms with E-state index in [0.717, 1.165) is 16.2 Å². The number of thioether (sulfide) groups is 1. The Kier molecular flexibility index (Phi) is 5.34. The molecule has 8 nitrogen and oxygen atoms in total. The Hall–Kier alpha value is -2.40. The van der Waals surface area contributed by atoms with Crippen LogP contribution in [0, 0.1) is 0 Å². The van der Waals surface area contributed by atoms with Crippen molar-refractivity contribution >= 4 is 44.4 Å².